The second-order valence-electron chi connectivity index (χ2n) is 6.43. The molecule has 0 saturated carbocycles. The third kappa shape index (κ3) is 6.23. The van der Waals surface area contributed by atoms with E-state index in [-0.39, 0.29) is 24.5 Å². The Morgan fingerprint density at radius 2 is 1.55 bits per heavy atom. The van der Waals surface area contributed by atoms with Crippen molar-refractivity contribution >= 4 is 29.1 Å². The van der Waals surface area contributed by atoms with E-state index >= 15 is 0 Å². The van der Waals surface area contributed by atoms with E-state index in [9.17, 15) is 22.8 Å². The first kappa shape index (κ1) is 21.7. The van der Waals surface area contributed by atoms with Crippen LogP contribution in [-0.4, -0.2) is 25.2 Å². The van der Waals surface area contributed by atoms with Crippen LogP contribution in [0.5, 0.6) is 0 Å². The largest absolute Gasteiger partial charge is 0.336 e. The van der Waals surface area contributed by atoms with Crippen LogP contribution in [0.4, 0.5) is 39.8 Å². The van der Waals surface area contributed by atoms with Crippen LogP contribution in [0.15, 0.2) is 72.8 Å². The maximum Gasteiger partial charge on any atom is 0.326 e. The third-order valence-corrected chi connectivity index (χ3v) is 4.20. The molecule has 0 spiro atoms. The van der Waals surface area contributed by atoms with E-state index in [1.165, 1.54) is 65.6 Å². The molecule has 0 unspecified atom stereocenters. The van der Waals surface area contributed by atoms with Gasteiger partial charge in [-0.1, -0.05) is 18.2 Å². The summed E-state index contributed by atoms with van der Waals surface area (Å²) in [5, 5.41) is 7.48. The van der Waals surface area contributed by atoms with E-state index in [0.29, 0.717) is 5.69 Å². The van der Waals surface area contributed by atoms with Gasteiger partial charge in [-0.15, -0.1) is 0 Å². The van der Waals surface area contributed by atoms with Gasteiger partial charge in [0.25, 0.3) is 0 Å². The summed E-state index contributed by atoms with van der Waals surface area (Å²) in [5.74, 6) is -1.58. The van der Waals surface area contributed by atoms with E-state index in [1.807, 2.05) is 0 Å². The highest BCUT2D eigenvalue weighted by molar-refractivity contribution is 6.01. The second-order valence-corrected chi connectivity index (χ2v) is 6.43. The predicted molar refractivity (Wildman–Crippen MR) is 113 cm³/mol. The summed E-state index contributed by atoms with van der Waals surface area (Å²) in [6.45, 7) is 0.0196. The van der Waals surface area contributed by atoms with Crippen molar-refractivity contribution < 1.29 is 22.8 Å². The highest BCUT2D eigenvalue weighted by Gasteiger charge is 2.17. The number of urea groups is 2. The quantitative estimate of drug-likeness (QED) is 0.519. The van der Waals surface area contributed by atoms with Gasteiger partial charge < -0.3 is 16.0 Å². The van der Waals surface area contributed by atoms with Gasteiger partial charge in [0.2, 0.25) is 0 Å². The van der Waals surface area contributed by atoms with Gasteiger partial charge in [-0.05, 0) is 54.6 Å². The summed E-state index contributed by atoms with van der Waals surface area (Å²) in [6, 6.07) is 14.9. The SMILES string of the molecule is O=C(NCCN(C(=O)Nc1ccccc1F)c1ccc(F)cc1)Nc1cccc(F)c1. The molecule has 0 atom stereocenters. The van der Waals surface area contributed by atoms with E-state index in [0.717, 1.165) is 6.07 Å². The summed E-state index contributed by atoms with van der Waals surface area (Å²) in [4.78, 5) is 26.0. The fourth-order valence-electron chi connectivity index (χ4n) is 2.74. The molecule has 31 heavy (non-hydrogen) atoms. The number of nitrogens with one attached hydrogen (secondary N) is 3. The molecule has 3 aromatic carbocycles. The Morgan fingerprint density at radius 1 is 0.806 bits per heavy atom. The van der Waals surface area contributed by atoms with Crippen molar-refractivity contribution in [3.05, 3.63) is 90.2 Å². The summed E-state index contributed by atoms with van der Waals surface area (Å²) in [7, 11) is 0. The molecule has 0 heterocycles. The maximum atomic E-state index is 13.9. The first-order chi connectivity index (χ1) is 14.9. The predicted octanol–water partition coefficient (Wildman–Crippen LogP) is 4.96. The molecule has 0 aromatic heterocycles. The Balaban J connectivity index is 1.65. The molecule has 0 radical (unpaired) electrons. The molecule has 3 aromatic rings. The van der Waals surface area contributed by atoms with Crippen molar-refractivity contribution in [1.29, 1.82) is 0 Å². The number of anilines is 3. The number of carbonyl (C=O) groups is 2. The third-order valence-electron chi connectivity index (χ3n) is 4.20. The number of hydrogen-bond donors (Lipinski definition) is 3. The minimum Gasteiger partial charge on any atom is -0.336 e. The lowest BCUT2D eigenvalue weighted by Gasteiger charge is -2.23. The Bertz CT molecular complexity index is 1060. The molecular weight excluding hydrogens is 409 g/mol. The van der Waals surface area contributed by atoms with Crippen LogP contribution in [0, 0.1) is 17.5 Å². The molecule has 0 bridgehead atoms. The molecule has 160 valence electrons. The summed E-state index contributed by atoms with van der Waals surface area (Å²) in [5.41, 5.74) is 0.601. The van der Waals surface area contributed by atoms with Crippen LogP contribution < -0.4 is 20.9 Å². The lowest BCUT2D eigenvalue weighted by molar-refractivity contribution is 0.250. The molecule has 4 amide bonds. The zero-order valence-corrected chi connectivity index (χ0v) is 16.2. The summed E-state index contributed by atoms with van der Waals surface area (Å²) < 4.78 is 40.4. The number of rotatable bonds is 6. The molecule has 0 saturated heterocycles. The fraction of sp³-hybridized carbons (Fsp3) is 0.0909. The van der Waals surface area contributed by atoms with Crippen LogP contribution in [0.2, 0.25) is 0 Å². The van der Waals surface area contributed by atoms with Crippen LogP contribution in [-0.2, 0) is 0 Å². The van der Waals surface area contributed by atoms with E-state index < -0.39 is 29.5 Å². The van der Waals surface area contributed by atoms with Crippen molar-refractivity contribution in [2.24, 2.45) is 0 Å². The van der Waals surface area contributed by atoms with Gasteiger partial charge in [0.05, 0.1) is 5.69 Å². The number of carbonyl (C=O) groups excluding carboxylic acids is 2. The first-order valence-electron chi connectivity index (χ1n) is 9.31. The second kappa shape index (κ2) is 10.1. The number of para-hydroxylation sites is 1. The average molecular weight is 428 g/mol. The molecule has 0 fully saturated rings. The number of benzene rings is 3. The van der Waals surface area contributed by atoms with E-state index in [2.05, 4.69) is 16.0 Å². The Labute approximate surface area is 176 Å². The van der Waals surface area contributed by atoms with Gasteiger partial charge >= 0.3 is 12.1 Å². The van der Waals surface area contributed by atoms with Gasteiger partial charge in [0.15, 0.2) is 0 Å². The van der Waals surface area contributed by atoms with Crippen molar-refractivity contribution in [3.63, 3.8) is 0 Å². The molecule has 6 nitrogen and oxygen atoms in total. The van der Waals surface area contributed by atoms with Crippen molar-refractivity contribution in [2.75, 3.05) is 28.6 Å². The normalized spacial score (nSPS) is 10.3. The zero-order valence-electron chi connectivity index (χ0n) is 16.2. The minimum absolute atomic E-state index is 0.00247. The van der Waals surface area contributed by atoms with Gasteiger partial charge in [0.1, 0.15) is 17.5 Å². The van der Waals surface area contributed by atoms with E-state index in [1.54, 1.807) is 6.07 Å². The van der Waals surface area contributed by atoms with Crippen LogP contribution >= 0.6 is 0 Å². The zero-order chi connectivity index (χ0) is 22.2. The Kier molecular flexibility index (Phi) is 7.10. The Hall–Kier alpha value is -4.01. The first-order valence-corrected chi connectivity index (χ1v) is 9.31. The number of halogens is 3. The molecule has 0 aliphatic carbocycles. The molecule has 3 N–H and O–H groups in total. The van der Waals surface area contributed by atoms with Gasteiger partial charge in [-0.25, -0.2) is 22.8 Å². The number of hydrogen-bond acceptors (Lipinski definition) is 2. The fourth-order valence-corrected chi connectivity index (χ4v) is 2.74. The summed E-state index contributed by atoms with van der Waals surface area (Å²) >= 11 is 0. The van der Waals surface area contributed by atoms with Crippen molar-refractivity contribution in [3.8, 4) is 0 Å². The van der Waals surface area contributed by atoms with Crippen molar-refractivity contribution in [1.82, 2.24) is 5.32 Å². The van der Waals surface area contributed by atoms with Gasteiger partial charge in [-0.3, -0.25) is 4.90 Å². The lowest BCUT2D eigenvalue weighted by Crippen LogP contribution is -2.42. The average Bonchev–Trinajstić information content (AvgIpc) is 2.74. The Morgan fingerprint density at radius 3 is 2.26 bits per heavy atom. The minimum atomic E-state index is -0.663. The van der Waals surface area contributed by atoms with Gasteiger partial charge in [0, 0.05) is 24.5 Å². The molecule has 3 rings (SSSR count). The smallest absolute Gasteiger partial charge is 0.326 e. The van der Waals surface area contributed by atoms with Crippen LogP contribution in [0.3, 0.4) is 0 Å². The topological polar surface area (TPSA) is 73.5 Å². The lowest BCUT2D eigenvalue weighted by atomic mass is 10.2. The van der Waals surface area contributed by atoms with E-state index in [4.69, 9.17) is 0 Å². The highest BCUT2D eigenvalue weighted by Crippen LogP contribution is 2.18. The summed E-state index contributed by atoms with van der Waals surface area (Å²) in [6.07, 6.45) is 0. The van der Waals surface area contributed by atoms with Gasteiger partial charge in [-0.2, -0.15) is 0 Å². The molecule has 9 heteroatoms. The molecule has 0 aliphatic heterocycles. The monoisotopic (exact) mass is 428 g/mol. The number of amides is 4. The van der Waals surface area contributed by atoms with Crippen LogP contribution in [0.25, 0.3) is 0 Å². The van der Waals surface area contributed by atoms with Crippen LogP contribution in [0.1, 0.15) is 0 Å². The van der Waals surface area contributed by atoms with Crippen molar-refractivity contribution in [2.45, 2.75) is 0 Å². The maximum absolute atomic E-state index is 13.9. The highest BCUT2D eigenvalue weighted by atomic mass is 19.1. The molecular formula is C22H19F3N4O2. The standard InChI is InChI=1S/C22H19F3N4O2/c23-15-8-10-18(11-9-15)29(22(31)28-20-7-2-1-6-19(20)25)13-12-26-21(30)27-17-5-3-4-16(24)14-17/h1-11,14H,12-13H2,(H,28,31)(H2,26,27,30). The number of nitrogens with zero attached hydrogens (tertiary/aromatic N) is 1. The molecule has 0 aliphatic rings.